The number of ether oxygens (including phenoxy) is 2. The number of carbonyl (C=O) groups excluding carboxylic acids is 1. The molecule has 0 fully saturated rings. The molecule has 0 N–H and O–H groups in total. The van der Waals surface area contributed by atoms with Gasteiger partial charge in [0.15, 0.2) is 11.5 Å². The fourth-order valence-corrected chi connectivity index (χ4v) is 3.24. The van der Waals surface area contributed by atoms with E-state index in [1.807, 2.05) is 40.9 Å². The summed E-state index contributed by atoms with van der Waals surface area (Å²) in [6, 6.07) is 15.5. The molecule has 0 bridgehead atoms. The second kappa shape index (κ2) is 8.17. The number of carbonyl (C=O) groups is 1. The minimum atomic E-state index is -0.0455. The second-order valence-corrected chi connectivity index (χ2v) is 6.78. The molecule has 2 heterocycles. The largest absolute Gasteiger partial charge is 0.486 e. The van der Waals surface area contributed by atoms with Crippen LogP contribution in [0, 0.1) is 0 Å². The van der Waals surface area contributed by atoms with Gasteiger partial charge < -0.3 is 18.9 Å². The average molecular weight is 377 g/mol. The summed E-state index contributed by atoms with van der Waals surface area (Å²) in [6.07, 6.45) is 4.42. The van der Waals surface area contributed by atoms with Gasteiger partial charge in [0.1, 0.15) is 19.0 Å². The molecule has 1 amide bonds. The zero-order valence-electron chi connectivity index (χ0n) is 15.9. The van der Waals surface area contributed by atoms with Crippen molar-refractivity contribution in [3.05, 3.63) is 77.9 Å². The van der Waals surface area contributed by atoms with Gasteiger partial charge in [0.25, 0.3) is 5.91 Å². The van der Waals surface area contributed by atoms with Crippen LogP contribution in [-0.2, 0) is 20.0 Å². The van der Waals surface area contributed by atoms with E-state index in [0.29, 0.717) is 43.4 Å². The lowest BCUT2D eigenvalue weighted by Crippen LogP contribution is -2.33. The first-order chi connectivity index (χ1) is 13.7. The van der Waals surface area contributed by atoms with Crippen molar-refractivity contribution in [2.45, 2.75) is 13.0 Å². The first-order valence-electron chi connectivity index (χ1n) is 9.40. The highest BCUT2D eigenvalue weighted by atomic mass is 16.6. The van der Waals surface area contributed by atoms with Crippen LogP contribution < -0.4 is 9.47 Å². The Kier molecular flexibility index (Phi) is 5.28. The first kappa shape index (κ1) is 18.1. The summed E-state index contributed by atoms with van der Waals surface area (Å²) in [5.41, 5.74) is 1.79. The number of aryl methyl sites for hydroxylation is 1. The molecule has 2 aromatic carbocycles. The summed E-state index contributed by atoms with van der Waals surface area (Å²) < 4.78 is 13.1. The fraction of sp³-hybridized carbons (Fsp3) is 0.273. The van der Waals surface area contributed by atoms with Gasteiger partial charge in [-0.1, -0.05) is 30.3 Å². The van der Waals surface area contributed by atoms with Crippen LogP contribution in [-0.4, -0.2) is 40.1 Å². The second-order valence-electron chi connectivity index (χ2n) is 6.78. The Morgan fingerprint density at radius 1 is 1.11 bits per heavy atom. The molecule has 144 valence electrons. The number of imidazole rings is 1. The van der Waals surface area contributed by atoms with Gasteiger partial charge in [-0.3, -0.25) is 4.79 Å². The quantitative estimate of drug-likeness (QED) is 0.662. The molecule has 1 aliphatic rings. The van der Waals surface area contributed by atoms with Crippen molar-refractivity contribution >= 4 is 5.91 Å². The van der Waals surface area contributed by atoms with Crippen molar-refractivity contribution in [2.24, 2.45) is 7.05 Å². The molecule has 0 atom stereocenters. The average Bonchev–Trinajstić information content (AvgIpc) is 3.15. The summed E-state index contributed by atoms with van der Waals surface area (Å²) in [5, 5.41) is 0. The number of amides is 1. The van der Waals surface area contributed by atoms with Gasteiger partial charge in [0.05, 0.1) is 6.54 Å². The lowest BCUT2D eigenvalue weighted by molar-refractivity contribution is 0.0738. The Morgan fingerprint density at radius 3 is 2.64 bits per heavy atom. The molecule has 4 rings (SSSR count). The number of fused-ring (bicyclic) bond motifs is 1. The molecule has 3 aromatic rings. The van der Waals surface area contributed by atoms with Gasteiger partial charge in [-0.05, 0) is 30.2 Å². The number of rotatable bonds is 6. The Morgan fingerprint density at radius 2 is 1.89 bits per heavy atom. The smallest absolute Gasteiger partial charge is 0.254 e. The van der Waals surface area contributed by atoms with Crippen molar-refractivity contribution in [3.63, 3.8) is 0 Å². The van der Waals surface area contributed by atoms with Crippen molar-refractivity contribution in [3.8, 4) is 11.5 Å². The zero-order valence-corrected chi connectivity index (χ0v) is 15.9. The Hall–Kier alpha value is -3.28. The van der Waals surface area contributed by atoms with E-state index in [0.717, 1.165) is 12.2 Å². The minimum absolute atomic E-state index is 0.0455. The van der Waals surface area contributed by atoms with Crippen LogP contribution >= 0.6 is 0 Å². The van der Waals surface area contributed by atoms with Crippen LogP contribution in [0.1, 0.15) is 21.7 Å². The van der Waals surface area contributed by atoms with Crippen LogP contribution in [0.3, 0.4) is 0 Å². The fourth-order valence-electron chi connectivity index (χ4n) is 3.24. The number of hydrogen-bond acceptors (Lipinski definition) is 4. The molecule has 28 heavy (non-hydrogen) atoms. The molecule has 6 heteroatoms. The number of nitrogens with zero attached hydrogens (tertiary/aromatic N) is 3. The van der Waals surface area contributed by atoms with Crippen LogP contribution in [0.25, 0.3) is 0 Å². The maximum atomic E-state index is 13.3. The summed E-state index contributed by atoms with van der Waals surface area (Å²) in [4.78, 5) is 19.5. The van der Waals surface area contributed by atoms with E-state index in [4.69, 9.17) is 9.47 Å². The van der Waals surface area contributed by atoms with E-state index in [1.165, 1.54) is 5.56 Å². The Labute approximate surface area is 164 Å². The number of benzene rings is 2. The van der Waals surface area contributed by atoms with Gasteiger partial charge >= 0.3 is 0 Å². The van der Waals surface area contributed by atoms with Gasteiger partial charge in [-0.25, -0.2) is 4.98 Å². The summed E-state index contributed by atoms with van der Waals surface area (Å²) in [5.74, 6) is 2.11. The van der Waals surface area contributed by atoms with Gasteiger partial charge in [0.2, 0.25) is 0 Å². The predicted octanol–water partition coefficient (Wildman–Crippen LogP) is 3.08. The van der Waals surface area contributed by atoms with Crippen molar-refractivity contribution < 1.29 is 14.3 Å². The van der Waals surface area contributed by atoms with Crippen LogP contribution in [0.15, 0.2) is 60.9 Å². The molecule has 6 nitrogen and oxygen atoms in total. The monoisotopic (exact) mass is 377 g/mol. The highest BCUT2D eigenvalue weighted by Gasteiger charge is 2.21. The van der Waals surface area contributed by atoms with Crippen molar-refractivity contribution in [1.82, 2.24) is 14.5 Å². The molecule has 0 saturated heterocycles. The topological polar surface area (TPSA) is 56.6 Å². The Bertz CT molecular complexity index is 953. The summed E-state index contributed by atoms with van der Waals surface area (Å²) in [6.45, 7) is 2.08. The molecule has 0 radical (unpaired) electrons. The summed E-state index contributed by atoms with van der Waals surface area (Å²) >= 11 is 0. The molecule has 0 aliphatic carbocycles. The summed E-state index contributed by atoms with van der Waals surface area (Å²) in [7, 11) is 1.94. The highest BCUT2D eigenvalue weighted by Crippen LogP contribution is 2.31. The predicted molar refractivity (Wildman–Crippen MR) is 106 cm³/mol. The Balaban J connectivity index is 1.56. The highest BCUT2D eigenvalue weighted by molar-refractivity contribution is 5.95. The van der Waals surface area contributed by atoms with E-state index >= 15 is 0 Å². The lowest BCUT2D eigenvalue weighted by Gasteiger charge is -2.24. The van der Waals surface area contributed by atoms with E-state index < -0.39 is 0 Å². The van der Waals surface area contributed by atoms with E-state index in [9.17, 15) is 4.79 Å². The molecule has 1 aromatic heterocycles. The van der Waals surface area contributed by atoms with Crippen LogP contribution in [0.2, 0.25) is 0 Å². The van der Waals surface area contributed by atoms with Gasteiger partial charge in [0, 0.05) is 31.5 Å². The molecule has 1 aliphatic heterocycles. The lowest BCUT2D eigenvalue weighted by atomic mass is 10.1. The SMILES string of the molecule is Cn1ccnc1CN(CCc1ccccc1)C(=O)c1ccc2c(c1)OCCO2. The maximum Gasteiger partial charge on any atom is 0.254 e. The third-order valence-electron chi connectivity index (χ3n) is 4.84. The molecule has 0 saturated carbocycles. The molecular formula is C22H23N3O3. The normalized spacial score (nSPS) is 12.6. The van der Waals surface area contributed by atoms with E-state index in [1.54, 1.807) is 24.4 Å². The van der Waals surface area contributed by atoms with E-state index in [-0.39, 0.29) is 5.91 Å². The third kappa shape index (κ3) is 4.01. The molecule has 0 unspecified atom stereocenters. The molecular weight excluding hydrogens is 354 g/mol. The van der Waals surface area contributed by atoms with Crippen LogP contribution in [0.5, 0.6) is 11.5 Å². The molecule has 0 spiro atoms. The standard InChI is InChI=1S/C22H23N3O3/c1-24-12-10-23-21(24)16-25(11-9-17-5-3-2-4-6-17)22(26)18-7-8-19-20(15-18)28-14-13-27-19/h2-8,10,12,15H,9,11,13-14,16H2,1H3. The number of hydrogen-bond donors (Lipinski definition) is 0. The van der Waals surface area contributed by atoms with Gasteiger partial charge in [-0.15, -0.1) is 0 Å². The zero-order chi connectivity index (χ0) is 19.3. The van der Waals surface area contributed by atoms with Crippen LogP contribution in [0.4, 0.5) is 0 Å². The maximum absolute atomic E-state index is 13.3. The van der Waals surface area contributed by atoms with E-state index in [2.05, 4.69) is 17.1 Å². The first-order valence-corrected chi connectivity index (χ1v) is 9.40. The third-order valence-corrected chi connectivity index (χ3v) is 4.84. The van der Waals surface area contributed by atoms with Crippen molar-refractivity contribution in [2.75, 3.05) is 19.8 Å². The van der Waals surface area contributed by atoms with Gasteiger partial charge in [-0.2, -0.15) is 0 Å². The van der Waals surface area contributed by atoms with Crippen molar-refractivity contribution in [1.29, 1.82) is 0 Å². The minimum Gasteiger partial charge on any atom is -0.486 e. The number of aromatic nitrogens is 2.